The minimum absolute atomic E-state index is 0.186. The predicted molar refractivity (Wildman–Crippen MR) is 78.1 cm³/mol. The molecule has 0 atom stereocenters. The van der Waals surface area contributed by atoms with E-state index in [1.54, 1.807) is 18.0 Å². The molecule has 0 spiro atoms. The number of carbonyl (C=O) groups excluding carboxylic acids is 1. The number of hydrogen-bond donors (Lipinski definition) is 1. The van der Waals surface area contributed by atoms with E-state index in [1.165, 1.54) is 6.07 Å². The minimum Gasteiger partial charge on any atom is -0.340 e. The van der Waals surface area contributed by atoms with Gasteiger partial charge in [0.25, 0.3) is 5.91 Å². The van der Waals surface area contributed by atoms with E-state index in [2.05, 4.69) is 4.98 Å². The summed E-state index contributed by atoms with van der Waals surface area (Å²) in [6.45, 7) is 0.452. The molecule has 2 rings (SSSR count). The third kappa shape index (κ3) is 3.44. The van der Waals surface area contributed by atoms with Crippen LogP contribution in [0.3, 0.4) is 0 Å². The van der Waals surface area contributed by atoms with Gasteiger partial charge in [0.2, 0.25) is 0 Å². The fourth-order valence-corrected chi connectivity index (χ4v) is 2.23. The number of aromatic amines is 1. The van der Waals surface area contributed by atoms with Crippen LogP contribution in [0.1, 0.15) is 16.1 Å². The van der Waals surface area contributed by atoms with Gasteiger partial charge in [-0.3, -0.25) is 4.79 Å². The molecule has 0 saturated heterocycles. The fraction of sp³-hybridized carbons (Fsp3) is 0.154. The second kappa shape index (κ2) is 5.87. The largest absolute Gasteiger partial charge is 0.340 e. The first-order valence-corrected chi connectivity index (χ1v) is 6.64. The molecule has 0 aliphatic rings. The van der Waals surface area contributed by atoms with Crippen molar-refractivity contribution < 1.29 is 4.79 Å². The quantitative estimate of drug-likeness (QED) is 0.902. The van der Waals surface area contributed by atoms with Crippen LogP contribution in [-0.4, -0.2) is 22.8 Å². The van der Waals surface area contributed by atoms with Gasteiger partial charge in [0.05, 0.1) is 5.02 Å². The Labute approximate surface area is 126 Å². The van der Waals surface area contributed by atoms with Crippen LogP contribution in [0.4, 0.5) is 0 Å². The Bertz CT molecular complexity index is 590. The highest BCUT2D eigenvalue weighted by atomic mass is 35.5. The number of rotatable bonds is 3. The molecule has 0 saturated carbocycles. The van der Waals surface area contributed by atoms with Gasteiger partial charge in [-0.05, 0) is 23.8 Å². The van der Waals surface area contributed by atoms with E-state index in [0.717, 1.165) is 5.56 Å². The monoisotopic (exact) mass is 316 g/mol. The van der Waals surface area contributed by atoms with Gasteiger partial charge < -0.3 is 9.88 Å². The number of hydrogen-bond acceptors (Lipinski definition) is 1. The van der Waals surface area contributed by atoms with Crippen molar-refractivity contribution in [2.24, 2.45) is 0 Å². The van der Waals surface area contributed by atoms with Gasteiger partial charge in [0.1, 0.15) is 10.8 Å². The van der Waals surface area contributed by atoms with Crippen molar-refractivity contribution in [3.8, 4) is 0 Å². The van der Waals surface area contributed by atoms with Crippen molar-refractivity contribution in [1.29, 1.82) is 0 Å². The molecule has 1 heterocycles. The summed E-state index contributed by atoms with van der Waals surface area (Å²) < 4.78 is 0. The normalized spacial score (nSPS) is 10.5. The standard InChI is InChI=1S/C13H11Cl3N2O/c1-18(7-8-3-2-4-9(14)5-8)13(19)11-6-10(15)12(16)17-11/h2-6,17H,7H2,1H3. The number of nitrogens with zero attached hydrogens (tertiary/aromatic N) is 1. The van der Waals surface area contributed by atoms with Crippen LogP contribution in [0.25, 0.3) is 0 Å². The first kappa shape index (κ1) is 14.3. The van der Waals surface area contributed by atoms with E-state index in [-0.39, 0.29) is 11.1 Å². The lowest BCUT2D eigenvalue weighted by Crippen LogP contribution is -2.26. The smallest absolute Gasteiger partial charge is 0.270 e. The summed E-state index contributed by atoms with van der Waals surface area (Å²) in [5.74, 6) is -0.186. The van der Waals surface area contributed by atoms with Gasteiger partial charge >= 0.3 is 0 Å². The molecule has 3 nitrogen and oxygen atoms in total. The number of amides is 1. The molecule has 19 heavy (non-hydrogen) atoms. The summed E-state index contributed by atoms with van der Waals surface area (Å²) >= 11 is 17.5. The van der Waals surface area contributed by atoms with E-state index in [9.17, 15) is 4.79 Å². The number of aromatic nitrogens is 1. The molecule has 100 valence electrons. The zero-order valence-corrected chi connectivity index (χ0v) is 12.4. The summed E-state index contributed by atoms with van der Waals surface area (Å²) in [5, 5.41) is 1.24. The van der Waals surface area contributed by atoms with Crippen molar-refractivity contribution >= 4 is 40.7 Å². The summed E-state index contributed by atoms with van der Waals surface area (Å²) in [6, 6.07) is 8.88. The molecule has 1 amide bonds. The van der Waals surface area contributed by atoms with Crippen molar-refractivity contribution in [3.05, 3.63) is 56.8 Å². The second-order valence-electron chi connectivity index (χ2n) is 4.14. The van der Waals surface area contributed by atoms with Crippen LogP contribution in [0.2, 0.25) is 15.2 Å². The van der Waals surface area contributed by atoms with Crippen molar-refractivity contribution in [1.82, 2.24) is 9.88 Å². The minimum atomic E-state index is -0.186. The molecule has 0 unspecified atom stereocenters. The Morgan fingerprint density at radius 3 is 2.58 bits per heavy atom. The molecule has 0 aliphatic carbocycles. The Morgan fingerprint density at radius 2 is 2.00 bits per heavy atom. The maximum atomic E-state index is 12.1. The zero-order valence-electron chi connectivity index (χ0n) is 10.1. The van der Waals surface area contributed by atoms with Crippen molar-refractivity contribution in [2.45, 2.75) is 6.54 Å². The number of carbonyl (C=O) groups is 1. The SMILES string of the molecule is CN(Cc1cccc(Cl)c1)C(=O)c1cc(Cl)c(Cl)[nH]1. The Hall–Kier alpha value is -1.16. The number of H-pyrrole nitrogens is 1. The van der Waals surface area contributed by atoms with Gasteiger partial charge in [0, 0.05) is 18.6 Å². The molecule has 0 fully saturated rings. The van der Waals surface area contributed by atoms with Gasteiger partial charge in [-0.25, -0.2) is 0 Å². The first-order valence-electron chi connectivity index (χ1n) is 5.51. The maximum absolute atomic E-state index is 12.1. The van der Waals surface area contributed by atoms with Crippen LogP contribution in [0.5, 0.6) is 0 Å². The number of halogens is 3. The predicted octanol–water partition coefficient (Wildman–Crippen LogP) is 4.25. The Kier molecular flexibility index (Phi) is 4.40. The summed E-state index contributed by atoms with van der Waals surface area (Å²) in [7, 11) is 1.70. The van der Waals surface area contributed by atoms with Crippen molar-refractivity contribution in [3.63, 3.8) is 0 Å². The average Bonchev–Trinajstić information content (AvgIpc) is 2.68. The van der Waals surface area contributed by atoms with Crippen LogP contribution >= 0.6 is 34.8 Å². The summed E-state index contributed by atoms with van der Waals surface area (Å²) in [6.07, 6.45) is 0. The highest BCUT2D eigenvalue weighted by molar-refractivity contribution is 6.41. The number of nitrogens with one attached hydrogen (secondary N) is 1. The van der Waals surface area contributed by atoms with Gasteiger partial charge in [-0.15, -0.1) is 0 Å². The number of benzene rings is 1. The Balaban J connectivity index is 2.11. The van der Waals surface area contributed by atoms with Gasteiger partial charge in [-0.2, -0.15) is 0 Å². The van der Waals surface area contributed by atoms with E-state index >= 15 is 0 Å². The second-order valence-corrected chi connectivity index (χ2v) is 5.36. The molecule has 6 heteroatoms. The lowest BCUT2D eigenvalue weighted by Gasteiger charge is -2.16. The molecule has 1 aromatic carbocycles. The van der Waals surface area contributed by atoms with E-state index < -0.39 is 0 Å². The molecule has 1 aromatic heterocycles. The molecule has 0 aliphatic heterocycles. The first-order chi connectivity index (χ1) is 8.97. The molecule has 0 bridgehead atoms. The van der Waals surface area contributed by atoms with E-state index in [4.69, 9.17) is 34.8 Å². The average molecular weight is 318 g/mol. The van der Waals surface area contributed by atoms with Crippen molar-refractivity contribution in [2.75, 3.05) is 7.05 Å². The fourth-order valence-electron chi connectivity index (χ4n) is 1.71. The van der Waals surface area contributed by atoms with E-state index in [1.807, 2.05) is 18.2 Å². The summed E-state index contributed by atoms with van der Waals surface area (Å²) in [4.78, 5) is 16.4. The molecular formula is C13H11Cl3N2O. The third-order valence-electron chi connectivity index (χ3n) is 2.61. The maximum Gasteiger partial charge on any atom is 0.270 e. The Morgan fingerprint density at radius 1 is 1.26 bits per heavy atom. The van der Waals surface area contributed by atoms with E-state index in [0.29, 0.717) is 22.3 Å². The zero-order chi connectivity index (χ0) is 14.0. The lowest BCUT2D eigenvalue weighted by molar-refractivity contribution is 0.0780. The lowest BCUT2D eigenvalue weighted by atomic mass is 10.2. The molecule has 1 N–H and O–H groups in total. The topological polar surface area (TPSA) is 36.1 Å². The van der Waals surface area contributed by atoms with Crippen LogP contribution in [0.15, 0.2) is 30.3 Å². The highest BCUT2D eigenvalue weighted by Gasteiger charge is 2.16. The third-order valence-corrected chi connectivity index (χ3v) is 3.54. The van der Waals surface area contributed by atoms with Crippen LogP contribution in [0, 0.1) is 0 Å². The van der Waals surface area contributed by atoms with Crippen LogP contribution < -0.4 is 0 Å². The van der Waals surface area contributed by atoms with Gasteiger partial charge in [-0.1, -0.05) is 46.9 Å². The summed E-state index contributed by atoms with van der Waals surface area (Å²) in [5.41, 5.74) is 1.31. The molecule has 0 radical (unpaired) electrons. The van der Waals surface area contributed by atoms with Crippen LogP contribution in [-0.2, 0) is 6.54 Å². The van der Waals surface area contributed by atoms with Gasteiger partial charge in [0.15, 0.2) is 0 Å². The highest BCUT2D eigenvalue weighted by Crippen LogP contribution is 2.23. The molecular weight excluding hydrogens is 307 g/mol. The molecule has 2 aromatic rings.